The summed E-state index contributed by atoms with van der Waals surface area (Å²) < 4.78 is 9.64. The van der Waals surface area contributed by atoms with Crippen LogP contribution in [0.4, 0.5) is 5.69 Å². The van der Waals surface area contributed by atoms with Crippen LogP contribution in [0.2, 0.25) is 0 Å². The van der Waals surface area contributed by atoms with E-state index in [2.05, 4.69) is 118 Å². The molecule has 0 bridgehead atoms. The van der Waals surface area contributed by atoms with Crippen LogP contribution >= 0.6 is 0 Å². The molecule has 0 N–H and O–H groups in total. The number of fused-ring (bicyclic) bond motifs is 1. The van der Waals surface area contributed by atoms with E-state index in [1.165, 1.54) is 10.4 Å². The molecule has 0 fully saturated rings. The molecule has 0 aliphatic carbocycles. The van der Waals surface area contributed by atoms with Gasteiger partial charge in [-0.3, -0.25) is 4.79 Å². The van der Waals surface area contributed by atoms with Crippen molar-refractivity contribution in [2.24, 2.45) is 10.8 Å². The molecule has 1 radical (unpaired) electrons. The fourth-order valence-corrected chi connectivity index (χ4v) is 8.90. The van der Waals surface area contributed by atoms with E-state index in [1.54, 1.807) is 0 Å². The lowest BCUT2D eigenvalue weighted by atomic mass is 9.75. The zero-order chi connectivity index (χ0) is 31.6. The van der Waals surface area contributed by atoms with Gasteiger partial charge in [0, 0.05) is 17.6 Å². The van der Waals surface area contributed by atoms with Crippen LogP contribution in [0.5, 0.6) is 0 Å². The Hall–Kier alpha value is -4.26. The van der Waals surface area contributed by atoms with E-state index in [0.717, 1.165) is 22.5 Å². The van der Waals surface area contributed by atoms with E-state index in [4.69, 9.17) is 9.41 Å². The minimum Gasteiger partial charge on any atom is -0.398 e. The van der Waals surface area contributed by atoms with E-state index in [9.17, 15) is 4.79 Å². The molecule has 6 heteroatoms. The Morgan fingerprint density at radius 1 is 0.867 bits per heavy atom. The van der Waals surface area contributed by atoms with Gasteiger partial charge in [-0.25, -0.2) is 4.98 Å². The van der Waals surface area contributed by atoms with Crippen LogP contribution < -0.4 is 15.3 Å². The summed E-state index contributed by atoms with van der Waals surface area (Å²) in [6, 6.07) is 39.5. The number of rotatable bonds is 8. The van der Waals surface area contributed by atoms with Crippen molar-refractivity contribution in [3.05, 3.63) is 145 Å². The molecule has 45 heavy (non-hydrogen) atoms. The second-order valence-electron chi connectivity index (χ2n) is 13.7. The zero-order valence-corrected chi connectivity index (χ0v) is 27.9. The molecule has 229 valence electrons. The van der Waals surface area contributed by atoms with Gasteiger partial charge in [-0.1, -0.05) is 144 Å². The maximum atomic E-state index is 13.8. The van der Waals surface area contributed by atoms with Crippen molar-refractivity contribution in [2.75, 3.05) is 11.4 Å². The van der Waals surface area contributed by atoms with E-state index in [0.29, 0.717) is 13.0 Å². The van der Waals surface area contributed by atoms with Gasteiger partial charge in [0.15, 0.2) is 0 Å². The molecular formula is C39H42N3O2Si. The lowest BCUT2D eigenvalue weighted by Gasteiger charge is -2.47. The first kappa shape index (κ1) is 30.7. The highest BCUT2D eigenvalue weighted by Crippen LogP contribution is 2.49. The second-order valence-corrected chi connectivity index (χ2v) is 15.8. The monoisotopic (exact) mass is 612 g/mol. The lowest BCUT2D eigenvalue weighted by molar-refractivity contribution is -0.118. The number of amides is 1. The van der Waals surface area contributed by atoms with Crippen molar-refractivity contribution < 1.29 is 9.22 Å². The fraction of sp³-hybridized carbons (Fsp3) is 0.282. The Kier molecular flexibility index (Phi) is 8.62. The van der Waals surface area contributed by atoms with Gasteiger partial charge in [0.2, 0.25) is 5.91 Å². The van der Waals surface area contributed by atoms with Crippen LogP contribution in [0.1, 0.15) is 63.6 Å². The summed E-state index contributed by atoms with van der Waals surface area (Å²) in [5, 5.41) is 2.43. The third-order valence-corrected chi connectivity index (χ3v) is 10.9. The second kappa shape index (κ2) is 12.6. The number of aromatic nitrogens is 2. The molecule has 4 aromatic carbocycles. The predicted molar refractivity (Wildman–Crippen MR) is 184 cm³/mol. The van der Waals surface area contributed by atoms with E-state index in [-0.39, 0.29) is 28.9 Å². The average molecular weight is 613 g/mol. The molecule has 0 spiro atoms. The third kappa shape index (κ3) is 6.44. The van der Waals surface area contributed by atoms with Gasteiger partial charge in [0.05, 0.1) is 36.8 Å². The zero-order valence-electron chi connectivity index (χ0n) is 26.9. The number of carbonyl (C=O) groups excluding carboxylic acids is 1. The van der Waals surface area contributed by atoms with Gasteiger partial charge in [-0.2, -0.15) is 0 Å². The van der Waals surface area contributed by atoms with Crippen LogP contribution in [0.25, 0.3) is 0 Å². The van der Waals surface area contributed by atoms with E-state index < -0.39 is 9.04 Å². The molecule has 1 aliphatic rings. The number of hydrogen-bond donors (Lipinski definition) is 0. The minimum atomic E-state index is -1.58. The average Bonchev–Trinajstić information content (AvgIpc) is 3.49. The van der Waals surface area contributed by atoms with Crippen LogP contribution in [-0.4, -0.2) is 31.0 Å². The van der Waals surface area contributed by atoms with Gasteiger partial charge in [0.1, 0.15) is 0 Å². The number of carbonyl (C=O) groups is 1. The molecule has 1 aliphatic heterocycles. The van der Waals surface area contributed by atoms with E-state index in [1.807, 2.05) is 53.8 Å². The van der Waals surface area contributed by atoms with Gasteiger partial charge in [-0.15, -0.1) is 0 Å². The maximum absolute atomic E-state index is 13.8. The summed E-state index contributed by atoms with van der Waals surface area (Å²) in [4.78, 5) is 20.5. The summed E-state index contributed by atoms with van der Waals surface area (Å²) in [5.74, 6) is 0.111. The van der Waals surface area contributed by atoms with Crippen molar-refractivity contribution in [1.82, 2.24) is 9.55 Å². The van der Waals surface area contributed by atoms with Crippen molar-refractivity contribution >= 4 is 31.0 Å². The van der Waals surface area contributed by atoms with Gasteiger partial charge < -0.3 is 13.9 Å². The van der Waals surface area contributed by atoms with Crippen molar-refractivity contribution in [2.45, 2.75) is 53.2 Å². The van der Waals surface area contributed by atoms with Crippen LogP contribution in [0.3, 0.4) is 0 Å². The topological polar surface area (TPSA) is 47.4 Å². The molecule has 2 atom stereocenters. The Balaban J connectivity index is 1.40. The van der Waals surface area contributed by atoms with E-state index >= 15 is 0 Å². The number of para-hydroxylation sites is 1. The van der Waals surface area contributed by atoms with Crippen molar-refractivity contribution in [1.29, 1.82) is 0 Å². The number of imidazole rings is 1. The van der Waals surface area contributed by atoms with Gasteiger partial charge >= 0.3 is 0 Å². The predicted octanol–water partition coefficient (Wildman–Crippen LogP) is 7.00. The first-order chi connectivity index (χ1) is 21.6. The first-order valence-corrected chi connectivity index (χ1v) is 17.1. The molecule has 2 heterocycles. The summed E-state index contributed by atoms with van der Waals surface area (Å²) in [7, 11) is -1.58. The van der Waals surface area contributed by atoms with Crippen LogP contribution in [0.15, 0.2) is 128 Å². The summed E-state index contributed by atoms with van der Waals surface area (Å²) in [6.07, 6.45) is 4.09. The van der Waals surface area contributed by atoms with Gasteiger partial charge in [-0.05, 0) is 33.0 Å². The Morgan fingerprint density at radius 2 is 1.42 bits per heavy atom. The normalized spacial score (nSPS) is 16.8. The van der Waals surface area contributed by atoms with Crippen LogP contribution in [-0.2, 0) is 15.6 Å². The molecular weight excluding hydrogens is 571 g/mol. The molecule has 6 rings (SSSR count). The highest BCUT2D eigenvalue weighted by atomic mass is 28.3. The molecule has 5 nitrogen and oxygen atoms in total. The number of anilines is 1. The molecule has 0 saturated carbocycles. The molecule has 5 aromatic rings. The molecule has 1 amide bonds. The Bertz CT molecular complexity index is 1690. The third-order valence-electron chi connectivity index (χ3n) is 8.66. The largest absolute Gasteiger partial charge is 0.398 e. The summed E-state index contributed by atoms with van der Waals surface area (Å²) >= 11 is 0. The highest BCUT2D eigenvalue weighted by Gasteiger charge is 2.44. The molecule has 2 unspecified atom stereocenters. The van der Waals surface area contributed by atoms with Crippen LogP contribution in [0, 0.1) is 10.8 Å². The molecule has 0 saturated heterocycles. The lowest BCUT2D eigenvalue weighted by Crippen LogP contribution is -2.49. The smallest absolute Gasteiger partial charge is 0.283 e. The Labute approximate surface area is 269 Å². The summed E-state index contributed by atoms with van der Waals surface area (Å²) in [5.41, 5.74) is 3.66. The Morgan fingerprint density at radius 3 is 2.02 bits per heavy atom. The quantitative estimate of drug-likeness (QED) is 0.177. The van der Waals surface area contributed by atoms with Crippen molar-refractivity contribution in [3.63, 3.8) is 0 Å². The SMILES string of the molecule is CC(C)(C)C(O[Si](c1ccccc1)c1ccccc1)c1cncn1C1c2ccccc2N(C(=O)Cc2ccccc2)CC1(C)C. The minimum absolute atomic E-state index is 0.0375. The maximum Gasteiger partial charge on any atom is 0.283 e. The standard InChI is InChI=1S/C39H42N3O2Si/c1-38(2,3)37(44-45(30-19-11-7-12-20-30)31-21-13-8-14-22-31)34-26-40-28-42(34)36-32-23-15-16-24-33(32)41(27-39(36,4)5)35(43)25-29-17-9-6-10-18-29/h6-24,26,28,36-37H,25,27H2,1-5H3. The van der Waals surface area contributed by atoms with Crippen molar-refractivity contribution in [3.8, 4) is 0 Å². The number of hydrogen-bond acceptors (Lipinski definition) is 3. The number of benzene rings is 4. The fourth-order valence-electron chi connectivity index (χ4n) is 6.59. The first-order valence-electron chi connectivity index (χ1n) is 15.7. The number of nitrogens with zero attached hydrogens (tertiary/aromatic N) is 3. The molecule has 1 aromatic heterocycles. The highest BCUT2D eigenvalue weighted by molar-refractivity contribution is 6.80. The van der Waals surface area contributed by atoms with Gasteiger partial charge in [0.25, 0.3) is 9.04 Å². The summed E-state index contributed by atoms with van der Waals surface area (Å²) in [6.45, 7) is 11.9.